The molecule has 132 valence electrons. The summed E-state index contributed by atoms with van der Waals surface area (Å²) >= 11 is 0. The molecule has 0 aliphatic carbocycles. The van der Waals surface area contributed by atoms with E-state index in [1.54, 1.807) is 0 Å². The van der Waals surface area contributed by atoms with E-state index >= 15 is 0 Å². The van der Waals surface area contributed by atoms with Crippen molar-refractivity contribution in [1.82, 2.24) is 4.90 Å². The fourth-order valence-corrected chi connectivity index (χ4v) is 4.38. The highest BCUT2D eigenvalue weighted by molar-refractivity contribution is 5.91. The van der Waals surface area contributed by atoms with Crippen LogP contribution in [0.4, 0.5) is 0 Å². The molecule has 0 aromatic heterocycles. The average Bonchev–Trinajstić information content (AvgIpc) is 3.28. The Morgan fingerprint density at radius 2 is 2.33 bits per heavy atom. The number of rotatable bonds is 5. The Hall–Kier alpha value is -1.40. The molecular weight excluding hydrogens is 310 g/mol. The van der Waals surface area contributed by atoms with Gasteiger partial charge >= 0.3 is 5.97 Å². The molecule has 3 saturated heterocycles. The molecule has 0 aromatic rings. The number of amides is 1. The van der Waals surface area contributed by atoms with E-state index < -0.39 is 17.4 Å². The molecule has 0 N–H and O–H groups in total. The molecule has 6 nitrogen and oxygen atoms in total. The van der Waals surface area contributed by atoms with Crippen LogP contribution in [-0.2, 0) is 23.8 Å². The Morgan fingerprint density at radius 3 is 3.04 bits per heavy atom. The minimum atomic E-state index is -0.651. The minimum absolute atomic E-state index is 0.00356. The molecule has 4 aliphatic heterocycles. The standard InChI is InChI=1S/C18H25NO5/c1-11(2)9-23-17(21)14-13-5-6-18(24-13)10-19(16(20)15(14)18)8-12-4-3-7-22-12/h5-6,11-15H,3-4,7-10H2,1-2H3. The molecule has 4 aliphatic rings. The van der Waals surface area contributed by atoms with Gasteiger partial charge in [-0.1, -0.05) is 26.0 Å². The summed E-state index contributed by atoms with van der Waals surface area (Å²) in [5.41, 5.74) is -0.651. The van der Waals surface area contributed by atoms with E-state index in [0.717, 1.165) is 19.4 Å². The molecule has 5 atom stereocenters. The molecule has 3 fully saturated rings. The summed E-state index contributed by atoms with van der Waals surface area (Å²) in [5.74, 6) is -1.00. The van der Waals surface area contributed by atoms with Crippen LogP contribution in [0.25, 0.3) is 0 Å². The number of carbonyl (C=O) groups is 2. The van der Waals surface area contributed by atoms with Crippen LogP contribution in [0, 0.1) is 17.8 Å². The number of carbonyl (C=O) groups excluding carboxylic acids is 2. The normalized spacial score (nSPS) is 40.0. The van der Waals surface area contributed by atoms with Gasteiger partial charge in [-0.2, -0.15) is 0 Å². The van der Waals surface area contributed by atoms with Crippen LogP contribution >= 0.6 is 0 Å². The largest absolute Gasteiger partial charge is 0.465 e. The third-order valence-electron chi connectivity index (χ3n) is 5.46. The number of ether oxygens (including phenoxy) is 3. The van der Waals surface area contributed by atoms with Gasteiger partial charge in [0.15, 0.2) is 0 Å². The van der Waals surface area contributed by atoms with Gasteiger partial charge in [-0.25, -0.2) is 0 Å². The number of esters is 1. The van der Waals surface area contributed by atoms with Crippen molar-refractivity contribution in [2.75, 3.05) is 26.3 Å². The molecule has 0 aromatic carbocycles. The molecule has 5 unspecified atom stereocenters. The summed E-state index contributed by atoms with van der Waals surface area (Å²) in [6.07, 6.45) is 5.70. The summed E-state index contributed by atoms with van der Waals surface area (Å²) in [6.45, 7) is 6.24. The first-order valence-corrected chi connectivity index (χ1v) is 8.94. The van der Waals surface area contributed by atoms with Crippen LogP contribution in [0.2, 0.25) is 0 Å². The van der Waals surface area contributed by atoms with Gasteiger partial charge in [0.05, 0.1) is 31.3 Å². The maximum atomic E-state index is 13.0. The maximum absolute atomic E-state index is 13.0. The second-order valence-corrected chi connectivity index (χ2v) is 7.78. The van der Waals surface area contributed by atoms with Crippen molar-refractivity contribution in [1.29, 1.82) is 0 Å². The Balaban J connectivity index is 1.50. The molecule has 1 spiro atoms. The average molecular weight is 335 g/mol. The fourth-order valence-electron chi connectivity index (χ4n) is 4.38. The topological polar surface area (TPSA) is 65.1 Å². The molecule has 0 radical (unpaired) electrons. The smallest absolute Gasteiger partial charge is 0.312 e. The van der Waals surface area contributed by atoms with E-state index in [9.17, 15) is 9.59 Å². The Bertz CT molecular complexity index is 568. The number of hydrogen-bond acceptors (Lipinski definition) is 5. The van der Waals surface area contributed by atoms with Crippen LogP contribution in [0.1, 0.15) is 26.7 Å². The van der Waals surface area contributed by atoms with Crippen molar-refractivity contribution in [3.05, 3.63) is 12.2 Å². The van der Waals surface area contributed by atoms with Crippen molar-refractivity contribution in [3.63, 3.8) is 0 Å². The SMILES string of the molecule is CC(C)COC(=O)C1C2C=CC3(CN(CC4CCCO4)C(=O)C13)O2. The lowest BCUT2D eigenvalue weighted by Gasteiger charge is -2.23. The van der Waals surface area contributed by atoms with Gasteiger partial charge in [0, 0.05) is 13.2 Å². The zero-order valence-corrected chi connectivity index (χ0v) is 14.3. The number of nitrogens with zero attached hydrogens (tertiary/aromatic N) is 1. The first-order chi connectivity index (χ1) is 11.5. The van der Waals surface area contributed by atoms with Crippen molar-refractivity contribution < 1.29 is 23.8 Å². The molecule has 1 amide bonds. The second-order valence-electron chi connectivity index (χ2n) is 7.78. The predicted molar refractivity (Wildman–Crippen MR) is 85.1 cm³/mol. The lowest BCUT2D eigenvalue weighted by atomic mass is 9.77. The van der Waals surface area contributed by atoms with E-state index in [0.29, 0.717) is 19.7 Å². The number of likely N-dealkylation sites (tertiary alicyclic amines) is 1. The van der Waals surface area contributed by atoms with E-state index in [-0.39, 0.29) is 30.0 Å². The van der Waals surface area contributed by atoms with E-state index in [1.807, 2.05) is 30.9 Å². The van der Waals surface area contributed by atoms with Crippen LogP contribution in [0.5, 0.6) is 0 Å². The van der Waals surface area contributed by atoms with E-state index in [4.69, 9.17) is 14.2 Å². The van der Waals surface area contributed by atoms with Gasteiger partial charge in [-0.15, -0.1) is 0 Å². The molecule has 4 heterocycles. The third kappa shape index (κ3) is 2.47. The van der Waals surface area contributed by atoms with Gasteiger partial charge in [-0.3, -0.25) is 9.59 Å². The van der Waals surface area contributed by atoms with Gasteiger partial charge < -0.3 is 19.1 Å². The van der Waals surface area contributed by atoms with Crippen molar-refractivity contribution in [2.24, 2.45) is 17.8 Å². The predicted octanol–water partition coefficient (Wildman–Crippen LogP) is 1.15. The first-order valence-electron chi connectivity index (χ1n) is 8.94. The van der Waals surface area contributed by atoms with Crippen LogP contribution < -0.4 is 0 Å². The second kappa shape index (κ2) is 5.85. The molecule has 24 heavy (non-hydrogen) atoms. The zero-order valence-electron chi connectivity index (χ0n) is 14.3. The molecule has 2 bridgehead atoms. The quantitative estimate of drug-likeness (QED) is 0.557. The van der Waals surface area contributed by atoms with Crippen molar-refractivity contribution in [3.8, 4) is 0 Å². The zero-order chi connectivity index (χ0) is 16.9. The summed E-state index contributed by atoms with van der Waals surface area (Å²) in [6, 6.07) is 0. The van der Waals surface area contributed by atoms with Crippen molar-refractivity contribution in [2.45, 2.75) is 44.5 Å². The summed E-state index contributed by atoms with van der Waals surface area (Å²) in [7, 11) is 0. The Morgan fingerprint density at radius 1 is 1.50 bits per heavy atom. The number of fused-ring (bicyclic) bond motifs is 1. The number of hydrogen-bond donors (Lipinski definition) is 0. The van der Waals surface area contributed by atoms with E-state index in [2.05, 4.69) is 0 Å². The summed E-state index contributed by atoms with van der Waals surface area (Å²) in [4.78, 5) is 27.3. The van der Waals surface area contributed by atoms with E-state index in [1.165, 1.54) is 0 Å². The van der Waals surface area contributed by atoms with Crippen molar-refractivity contribution >= 4 is 11.9 Å². The first kappa shape index (κ1) is 16.1. The summed E-state index contributed by atoms with van der Waals surface area (Å²) in [5, 5.41) is 0. The monoisotopic (exact) mass is 335 g/mol. The van der Waals surface area contributed by atoms with Gasteiger partial charge in [0.2, 0.25) is 5.91 Å². The highest BCUT2D eigenvalue weighted by Gasteiger charge is 2.67. The highest BCUT2D eigenvalue weighted by atomic mass is 16.6. The fraction of sp³-hybridized carbons (Fsp3) is 0.778. The molecular formula is C18H25NO5. The van der Waals surface area contributed by atoms with Crippen LogP contribution in [0.15, 0.2) is 12.2 Å². The lowest BCUT2D eigenvalue weighted by molar-refractivity contribution is -0.154. The Kier molecular flexibility index (Phi) is 3.92. The minimum Gasteiger partial charge on any atom is -0.465 e. The highest BCUT2D eigenvalue weighted by Crippen LogP contribution is 2.52. The molecule has 6 heteroatoms. The van der Waals surface area contributed by atoms with Crippen LogP contribution in [0.3, 0.4) is 0 Å². The molecule has 0 saturated carbocycles. The third-order valence-corrected chi connectivity index (χ3v) is 5.46. The Labute approximate surface area is 142 Å². The lowest BCUT2D eigenvalue weighted by Crippen LogP contribution is -2.40. The molecule has 4 rings (SSSR count). The van der Waals surface area contributed by atoms with Gasteiger partial charge in [0.1, 0.15) is 11.5 Å². The van der Waals surface area contributed by atoms with Crippen LogP contribution in [-0.4, -0.2) is 60.9 Å². The maximum Gasteiger partial charge on any atom is 0.312 e. The van der Waals surface area contributed by atoms with Gasteiger partial charge in [-0.05, 0) is 18.8 Å². The summed E-state index contributed by atoms with van der Waals surface area (Å²) < 4.78 is 17.1. The van der Waals surface area contributed by atoms with Gasteiger partial charge in [0.25, 0.3) is 0 Å².